The van der Waals surface area contributed by atoms with Crippen molar-refractivity contribution in [2.45, 2.75) is 12.8 Å². The van der Waals surface area contributed by atoms with E-state index in [-0.39, 0.29) is 0 Å². The molecule has 0 amide bonds. The van der Waals surface area contributed by atoms with Gasteiger partial charge in [0.1, 0.15) is 5.82 Å². The molecule has 0 aliphatic carbocycles. The van der Waals surface area contributed by atoms with Crippen LogP contribution >= 0.6 is 0 Å². The number of aromatic nitrogens is 5. The average Bonchev–Trinajstić information content (AvgIpc) is 3.60. The lowest BCUT2D eigenvalue weighted by Gasteiger charge is -2.28. The summed E-state index contributed by atoms with van der Waals surface area (Å²) in [6, 6.07) is 36.7. The second kappa shape index (κ2) is 8.67. The van der Waals surface area contributed by atoms with E-state index in [0.29, 0.717) is 0 Å². The fraction of sp³-hybridized carbons (Fsp3) is 0.0606. The van der Waals surface area contributed by atoms with Crippen molar-refractivity contribution in [2.24, 2.45) is 0 Å². The molecule has 0 spiro atoms. The Bertz CT molecular complexity index is 1970. The number of fused-ring (bicyclic) bond motifs is 5. The van der Waals surface area contributed by atoms with Crippen molar-refractivity contribution in [1.82, 2.24) is 24.5 Å². The zero-order valence-corrected chi connectivity index (χ0v) is 21.1. The Labute approximate surface area is 225 Å². The smallest absolute Gasteiger partial charge is 0.137 e. The van der Waals surface area contributed by atoms with Gasteiger partial charge in [-0.15, -0.1) is 5.10 Å². The quantitative estimate of drug-likeness (QED) is 0.253. The van der Waals surface area contributed by atoms with Gasteiger partial charge in [-0.05, 0) is 72.5 Å². The standard InChI is InChI=1S/C33H24N6/c1-3-9-29-23(7-1)12-13-24-14-15-25(37-20-19-35-36-37)21-31(24)38(29)26-16-17-28-27-8-2-4-10-30(27)39(32(28)22-26)33-11-5-6-18-34-33/h1-11,14-22H,12-13H2. The Kier molecular flexibility index (Phi) is 4.85. The van der Waals surface area contributed by atoms with Crippen LogP contribution in [0.25, 0.3) is 33.3 Å². The van der Waals surface area contributed by atoms with Crippen LogP contribution in [0.15, 0.2) is 122 Å². The molecule has 0 radical (unpaired) electrons. The minimum absolute atomic E-state index is 0.908. The number of para-hydroxylation sites is 2. The third-order valence-corrected chi connectivity index (χ3v) is 7.69. The zero-order chi connectivity index (χ0) is 25.8. The maximum atomic E-state index is 4.72. The number of hydrogen-bond acceptors (Lipinski definition) is 4. The van der Waals surface area contributed by atoms with Crippen LogP contribution in [0.3, 0.4) is 0 Å². The minimum Gasteiger partial charge on any atom is -0.310 e. The van der Waals surface area contributed by atoms with Crippen LogP contribution in [0.2, 0.25) is 0 Å². The zero-order valence-electron chi connectivity index (χ0n) is 21.1. The van der Waals surface area contributed by atoms with Crippen LogP contribution in [0, 0.1) is 0 Å². The molecular formula is C33H24N6. The van der Waals surface area contributed by atoms with Crippen molar-refractivity contribution in [3.05, 3.63) is 133 Å². The van der Waals surface area contributed by atoms with Gasteiger partial charge in [-0.25, -0.2) is 9.67 Å². The van der Waals surface area contributed by atoms with Crippen LogP contribution in [0.5, 0.6) is 0 Å². The number of rotatable bonds is 3. The van der Waals surface area contributed by atoms with E-state index in [4.69, 9.17) is 4.98 Å². The van der Waals surface area contributed by atoms with Crippen molar-refractivity contribution >= 4 is 38.9 Å². The van der Waals surface area contributed by atoms with Gasteiger partial charge >= 0.3 is 0 Å². The third kappa shape index (κ3) is 3.45. The average molecular weight is 505 g/mol. The van der Waals surface area contributed by atoms with E-state index in [1.54, 1.807) is 6.20 Å². The van der Waals surface area contributed by atoms with Crippen molar-refractivity contribution in [1.29, 1.82) is 0 Å². The first-order valence-electron chi connectivity index (χ1n) is 13.2. The van der Waals surface area contributed by atoms with Gasteiger partial charge in [-0.3, -0.25) is 4.57 Å². The highest BCUT2D eigenvalue weighted by molar-refractivity contribution is 6.10. The Balaban J connectivity index is 1.41. The fourth-order valence-electron chi connectivity index (χ4n) is 5.91. The van der Waals surface area contributed by atoms with E-state index in [0.717, 1.165) is 46.8 Å². The highest BCUT2D eigenvalue weighted by atomic mass is 15.4. The molecule has 0 N–H and O–H groups in total. The van der Waals surface area contributed by atoms with Crippen LogP contribution in [0.4, 0.5) is 17.1 Å². The van der Waals surface area contributed by atoms with Gasteiger partial charge in [0.25, 0.3) is 0 Å². The molecule has 186 valence electrons. The van der Waals surface area contributed by atoms with Crippen molar-refractivity contribution in [3.63, 3.8) is 0 Å². The van der Waals surface area contributed by atoms with E-state index in [1.807, 2.05) is 29.2 Å². The third-order valence-electron chi connectivity index (χ3n) is 7.69. The molecule has 39 heavy (non-hydrogen) atoms. The normalized spacial score (nSPS) is 12.9. The molecule has 0 unspecified atom stereocenters. The number of aryl methyl sites for hydroxylation is 2. The second-order valence-electron chi connectivity index (χ2n) is 9.87. The van der Waals surface area contributed by atoms with Crippen molar-refractivity contribution < 1.29 is 0 Å². The summed E-state index contributed by atoms with van der Waals surface area (Å²) in [5.41, 5.74) is 9.37. The molecule has 0 fully saturated rings. The Hall–Kier alpha value is -5.23. The second-order valence-corrected chi connectivity index (χ2v) is 9.87. The predicted molar refractivity (Wildman–Crippen MR) is 156 cm³/mol. The van der Waals surface area contributed by atoms with E-state index in [9.17, 15) is 0 Å². The van der Waals surface area contributed by atoms with Gasteiger partial charge in [0, 0.05) is 28.3 Å². The summed E-state index contributed by atoms with van der Waals surface area (Å²) in [4.78, 5) is 7.13. The molecular weight excluding hydrogens is 480 g/mol. The van der Waals surface area contributed by atoms with Gasteiger partial charge in [0.15, 0.2) is 0 Å². The molecule has 0 bridgehead atoms. The van der Waals surface area contributed by atoms with E-state index in [2.05, 4.69) is 111 Å². The summed E-state index contributed by atoms with van der Waals surface area (Å²) in [6.45, 7) is 0. The van der Waals surface area contributed by atoms with Gasteiger partial charge in [0.05, 0.1) is 34.8 Å². The van der Waals surface area contributed by atoms with E-state index >= 15 is 0 Å². The van der Waals surface area contributed by atoms with Crippen LogP contribution in [-0.2, 0) is 12.8 Å². The first-order chi connectivity index (χ1) is 19.3. The molecule has 0 saturated heterocycles. The molecule has 3 aromatic heterocycles. The van der Waals surface area contributed by atoms with Crippen LogP contribution < -0.4 is 4.90 Å². The molecule has 0 atom stereocenters. The largest absolute Gasteiger partial charge is 0.310 e. The SMILES string of the molecule is c1ccc(-n2c3ccccc3c3ccc(N4c5ccccc5CCc5ccc(-n6ccnn6)cc54)cc32)nc1. The molecule has 8 rings (SSSR count). The van der Waals surface area contributed by atoms with Gasteiger partial charge in [-0.1, -0.05) is 59.8 Å². The maximum absolute atomic E-state index is 4.72. The van der Waals surface area contributed by atoms with Gasteiger partial charge in [0.2, 0.25) is 0 Å². The van der Waals surface area contributed by atoms with Crippen molar-refractivity contribution in [3.8, 4) is 11.5 Å². The highest BCUT2D eigenvalue weighted by Gasteiger charge is 2.24. The Morgan fingerprint density at radius 2 is 1.38 bits per heavy atom. The Morgan fingerprint density at radius 1 is 0.590 bits per heavy atom. The summed E-state index contributed by atoms with van der Waals surface area (Å²) >= 11 is 0. The molecule has 4 aromatic carbocycles. The summed E-state index contributed by atoms with van der Waals surface area (Å²) in [7, 11) is 0. The number of anilines is 3. The first-order valence-corrected chi connectivity index (χ1v) is 13.2. The molecule has 1 aliphatic heterocycles. The lowest BCUT2D eigenvalue weighted by Crippen LogP contribution is -2.12. The number of pyridine rings is 1. The number of benzene rings is 4. The molecule has 1 aliphatic rings. The molecule has 6 nitrogen and oxygen atoms in total. The lowest BCUT2D eigenvalue weighted by molar-refractivity contribution is 0.802. The van der Waals surface area contributed by atoms with E-state index in [1.165, 1.54) is 27.6 Å². The predicted octanol–water partition coefficient (Wildman–Crippen LogP) is 7.33. The van der Waals surface area contributed by atoms with E-state index < -0.39 is 0 Å². The lowest BCUT2D eigenvalue weighted by atomic mass is 10.0. The summed E-state index contributed by atoms with van der Waals surface area (Å²) in [5.74, 6) is 0.908. The molecule has 7 aromatic rings. The summed E-state index contributed by atoms with van der Waals surface area (Å²) < 4.78 is 4.09. The maximum Gasteiger partial charge on any atom is 0.137 e. The summed E-state index contributed by atoms with van der Waals surface area (Å²) in [5, 5.41) is 10.7. The topological polar surface area (TPSA) is 51.8 Å². The van der Waals surface area contributed by atoms with Gasteiger partial charge < -0.3 is 4.90 Å². The summed E-state index contributed by atoms with van der Waals surface area (Å²) in [6.07, 6.45) is 7.40. The molecule has 0 saturated carbocycles. The minimum atomic E-state index is 0.908. The Morgan fingerprint density at radius 3 is 2.26 bits per heavy atom. The van der Waals surface area contributed by atoms with Crippen LogP contribution in [0.1, 0.15) is 11.1 Å². The van der Waals surface area contributed by atoms with Gasteiger partial charge in [-0.2, -0.15) is 0 Å². The number of nitrogens with zero attached hydrogens (tertiary/aromatic N) is 6. The van der Waals surface area contributed by atoms with Crippen LogP contribution in [-0.4, -0.2) is 24.5 Å². The van der Waals surface area contributed by atoms with Crippen molar-refractivity contribution in [2.75, 3.05) is 4.90 Å². The fourth-order valence-corrected chi connectivity index (χ4v) is 5.91. The molecule has 6 heteroatoms. The molecule has 4 heterocycles. The monoisotopic (exact) mass is 504 g/mol. The highest BCUT2D eigenvalue weighted by Crippen LogP contribution is 2.44. The number of hydrogen-bond donors (Lipinski definition) is 0. The first kappa shape index (κ1) is 21.8.